The van der Waals surface area contributed by atoms with Crippen LogP contribution in [0.25, 0.3) is 0 Å². The van der Waals surface area contributed by atoms with E-state index in [-0.39, 0.29) is 0 Å². The van der Waals surface area contributed by atoms with E-state index in [1.807, 2.05) is 0 Å². The first-order valence-electron chi connectivity index (χ1n) is 3.86. The van der Waals surface area contributed by atoms with Gasteiger partial charge in [0.15, 0.2) is 0 Å². The van der Waals surface area contributed by atoms with Gasteiger partial charge in [0.2, 0.25) is 0 Å². The Morgan fingerprint density at radius 3 is 2.45 bits per heavy atom. The minimum Gasteiger partial charge on any atom is -0.315 e. The standard InChI is InChI=1S/C7H18N2OS/c1-7(2)9-5-4-6-11(3,8)10/h7-9H,4-6H2,1-3H3. The van der Waals surface area contributed by atoms with Gasteiger partial charge in [-0.15, -0.1) is 0 Å². The summed E-state index contributed by atoms with van der Waals surface area (Å²) in [4.78, 5) is 0. The minimum absolute atomic E-state index is 0.480. The van der Waals surface area contributed by atoms with E-state index in [0.29, 0.717) is 11.8 Å². The van der Waals surface area contributed by atoms with Crippen LogP contribution in [0.5, 0.6) is 0 Å². The Hall–Kier alpha value is -0.0900. The van der Waals surface area contributed by atoms with E-state index in [1.165, 1.54) is 6.26 Å². The Kier molecular flexibility index (Phi) is 4.68. The molecular weight excluding hydrogens is 160 g/mol. The first kappa shape index (κ1) is 10.9. The highest BCUT2D eigenvalue weighted by atomic mass is 32.2. The lowest BCUT2D eigenvalue weighted by Crippen LogP contribution is -2.25. The summed E-state index contributed by atoms with van der Waals surface area (Å²) in [7, 11) is -2.26. The van der Waals surface area contributed by atoms with Crippen LogP contribution in [-0.4, -0.2) is 28.8 Å². The van der Waals surface area contributed by atoms with Crippen LogP contribution in [0, 0.1) is 4.78 Å². The predicted octanol–water partition coefficient (Wildman–Crippen LogP) is 1.05. The molecule has 1 unspecified atom stereocenters. The van der Waals surface area contributed by atoms with Crippen molar-refractivity contribution in [1.82, 2.24) is 5.32 Å². The maximum atomic E-state index is 10.9. The Morgan fingerprint density at radius 1 is 1.55 bits per heavy atom. The fourth-order valence-corrected chi connectivity index (χ4v) is 1.43. The van der Waals surface area contributed by atoms with E-state index in [2.05, 4.69) is 19.2 Å². The molecule has 0 amide bonds. The van der Waals surface area contributed by atoms with Gasteiger partial charge in [-0.3, -0.25) is 8.99 Å². The van der Waals surface area contributed by atoms with Gasteiger partial charge in [-0.2, -0.15) is 0 Å². The molecule has 1 atom stereocenters. The number of nitrogens with one attached hydrogen (secondary N) is 2. The van der Waals surface area contributed by atoms with Crippen molar-refractivity contribution in [3.8, 4) is 0 Å². The van der Waals surface area contributed by atoms with Crippen molar-refractivity contribution in [2.45, 2.75) is 26.3 Å². The monoisotopic (exact) mass is 178 g/mol. The van der Waals surface area contributed by atoms with Crippen LogP contribution in [0.2, 0.25) is 0 Å². The maximum Gasteiger partial charge on any atom is 0.0412 e. The van der Waals surface area contributed by atoms with E-state index in [4.69, 9.17) is 4.78 Å². The van der Waals surface area contributed by atoms with Crippen molar-refractivity contribution in [1.29, 1.82) is 4.78 Å². The third-order valence-electron chi connectivity index (χ3n) is 1.26. The van der Waals surface area contributed by atoms with Crippen molar-refractivity contribution >= 4 is 9.73 Å². The molecule has 0 rings (SSSR count). The lowest BCUT2D eigenvalue weighted by Gasteiger charge is -2.07. The predicted molar refractivity (Wildman–Crippen MR) is 49.4 cm³/mol. The zero-order valence-electron chi connectivity index (χ0n) is 7.52. The SMILES string of the molecule is CC(C)NCCCS(C)(=N)=O. The third kappa shape index (κ3) is 9.91. The van der Waals surface area contributed by atoms with Crippen molar-refractivity contribution in [3.63, 3.8) is 0 Å². The van der Waals surface area contributed by atoms with Crippen LogP contribution in [0.15, 0.2) is 0 Å². The maximum absolute atomic E-state index is 10.9. The third-order valence-corrected chi connectivity index (χ3v) is 2.33. The van der Waals surface area contributed by atoms with Gasteiger partial charge in [-0.1, -0.05) is 13.8 Å². The molecule has 0 radical (unpaired) electrons. The van der Waals surface area contributed by atoms with Crippen molar-refractivity contribution in [2.24, 2.45) is 0 Å². The Bertz CT molecular complexity index is 185. The molecule has 11 heavy (non-hydrogen) atoms. The minimum atomic E-state index is -2.26. The van der Waals surface area contributed by atoms with Gasteiger partial charge in [0.25, 0.3) is 0 Å². The van der Waals surface area contributed by atoms with E-state index >= 15 is 0 Å². The molecule has 0 saturated carbocycles. The second-order valence-corrected chi connectivity index (χ2v) is 5.59. The summed E-state index contributed by atoms with van der Waals surface area (Å²) in [5.74, 6) is 0.507. The molecule has 0 aliphatic rings. The molecule has 68 valence electrons. The highest BCUT2D eigenvalue weighted by molar-refractivity contribution is 7.91. The molecule has 3 nitrogen and oxygen atoms in total. The van der Waals surface area contributed by atoms with Crippen molar-refractivity contribution < 1.29 is 4.21 Å². The number of rotatable bonds is 5. The Morgan fingerprint density at radius 2 is 2.09 bits per heavy atom. The zero-order chi connectivity index (χ0) is 8.91. The fraction of sp³-hybridized carbons (Fsp3) is 1.00. The number of hydrogen-bond acceptors (Lipinski definition) is 3. The van der Waals surface area contributed by atoms with Gasteiger partial charge < -0.3 is 5.32 Å². The summed E-state index contributed by atoms with van der Waals surface area (Å²) < 4.78 is 18.0. The van der Waals surface area contributed by atoms with Crippen LogP contribution in [0.4, 0.5) is 0 Å². The summed E-state index contributed by atoms with van der Waals surface area (Å²) >= 11 is 0. The highest BCUT2D eigenvalue weighted by Gasteiger charge is 1.97. The smallest absolute Gasteiger partial charge is 0.0412 e. The van der Waals surface area contributed by atoms with E-state index < -0.39 is 9.73 Å². The van der Waals surface area contributed by atoms with Crippen LogP contribution in [0.3, 0.4) is 0 Å². The molecule has 0 aromatic rings. The normalized spacial score (nSPS) is 16.7. The average Bonchev–Trinajstić information content (AvgIpc) is 1.78. The van der Waals surface area contributed by atoms with Crippen molar-refractivity contribution in [3.05, 3.63) is 0 Å². The molecule has 0 spiro atoms. The van der Waals surface area contributed by atoms with Crippen LogP contribution in [0.1, 0.15) is 20.3 Å². The topological polar surface area (TPSA) is 53.0 Å². The molecule has 0 aliphatic carbocycles. The fourth-order valence-electron chi connectivity index (χ4n) is 0.738. The quantitative estimate of drug-likeness (QED) is 0.618. The second-order valence-electron chi connectivity index (χ2n) is 3.17. The molecule has 0 heterocycles. The molecule has 4 heteroatoms. The van der Waals surface area contributed by atoms with Crippen LogP contribution < -0.4 is 5.32 Å². The lowest BCUT2D eigenvalue weighted by atomic mass is 10.4. The molecule has 0 aliphatic heterocycles. The summed E-state index contributed by atoms with van der Waals surface area (Å²) in [6, 6.07) is 0.480. The number of hydrogen-bond donors (Lipinski definition) is 2. The summed E-state index contributed by atoms with van der Waals surface area (Å²) in [5.41, 5.74) is 0. The lowest BCUT2D eigenvalue weighted by molar-refractivity contribution is 0.582. The van der Waals surface area contributed by atoms with Gasteiger partial charge in [0.05, 0.1) is 0 Å². The Balaban J connectivity index is 3.30. The van der Waals surface area contributed by atoms with E-state index in [1.54, 1.807) is 0 Å². The van der Waals surface area contributed by atoms with Gasteiger partial charge in [0, 0.05) is 27.8 Å². The Labute approximate surface area is 69.5 Å². The molecule has 0 aromatic heterocycles. The van der Waals surface area contributed by atoms with Gasteiger partial charge in [-0.25, -0.2) is 0 Å². The second kappa shape index (κ2) is 4.72. The van der Waals surface area contributed by atoms with E-state index in [0.717, 1.165) is 13.0 Å². The van der Waals surface area contributed by atoms with Gasteiger partial charge in [0.1, 0.15) is 0 Å². The van der Waals surface area contributed by atoms with Gasteiger partial charge in [-0.05, 0) is 13.0 Å². The molecule has 2 N–H and O–H groups in total. The molecular formula is C7H18N2OS. The largest absolute Gasteiger partial charge is 0.315 e. The molecule has 0 fully saturated rings. The summed E-state index contributed by atoms with van der Waals surface area (Å²) in [6.45, 7) is 5.01. The first-order chi connectivity index (χ1) is 4.92. The first-order valence-corrected chi connectivity index (χ1v) is 6.00. The average molecular weight is 178 g/mol. The molecule has 0 aromatic carbocycles. The zero-order valence-corrected chi connectivity index (χ0v) is 8.33. The summed E-state index contributed by atoms with van der Waals surface area (Å²) in [6.07, 6.45) is 2.32. The van der Waals surface area contributed by atoms with Gasteiger partial charge >= 0.3 is 0 Å². The van der Waals surface area contributed by atoms with E-state index in [9.17, 15) is 4.21 Å². The van der Waals surface area contributed by atoms with Crippen LogP contribution >= 0.6 is 0 Å². The molecule has 0 bridgehead atoms. The summed E-state index contributed by atoms with van der Waals surface area (Å²) in [5, 5.41) is 3.21. The van der Waals surface area contributed by atoms with Crippen molar-refractivity contribution in [2.75, 3.05) is 18.6 Å². The molecule has 0 saturated heterocycles. The van der Waals surface area contributed by atoms with Crippen LogP contribution in [-0.2, 0) is 9.73 Å². The highest BCUT2D eigenvalue weighted by Crippen LogP contribution is 1.89.